The van der Waals surface area contributed by atoms with Crippen molar-refractivity contribution in [3.05, 3.63) is 59.4 Å². The summed E-state index contributed by atoms with van der Waals surface area (Å²) in [7, 11) is 0. The molecule has 2 N–H and O–H groups in total. The molecule has 6 nitrogen and oxygen atoms in total. The largest absolute Gasteiger partial charge is 0.325 e. The van der Waals surface area contributed by atoms with E-state index in [9.17, 15) is 14.0 Å². The number of anilines is 2. The van der Waals surface area contributed by atoms with Crippen LogP contribution in [0.15, 0.2) is 42.5 Å². The smallest absolute Gasteiger partial charge is 0.241 e. The Morgan fingerprint density at radius 2 is 1.63 bits per heavy atom. The van der Waals surface area contributed by atoms with Crippen LogP contribution in [0.5, 0.6) is 0 Å². The first-order valence-electron chi connectivity index (χ1n) is 10.2. The van der Waals surface area contributed by atoms with E-state index >= 15 is 0 Å². The lowest BCUT2D eigenvalue weighted by atomic mass is 10.1. The maximum absolute atomic E-state index is 13.8. The first-order valence-corrected chi connectivity index (χ1v) is 10.2. The lowest BCUT2D eigenvalue weighted by molar-refractivity contribution is -0.122. The van der Waals surface area contributed by atoms with Gasteiger partial charge in [-0.15, -0.1) is 0 Å². The highest BCUT2D eigenvalue weighted by Crippen LogP contribution is 2.18. The van der Waals surface area contributed by atoms with Crippen molar-refractivity contribution in [1.29, 1.82) is 0 Å². The fraction of sp³-hybridized carbons (Fsp3) is 0.391. The Morgan fingerprint density at radius 3 is 2.33 bits per heavy atom. The highest BCUT2D eigenvalue weighted by molar-refractivity contribution is 5.94. The number of rotatable bonds is 6. The number of para-hydroxylation sites is 1. The van der Waals surface area contributed by atoms with Crippen molar-refractivity contribution in [2.24, 2.45) is 0 Å². The van der Waals surface area contributed by atoms with E-state index in [-0.39, 0.29) is 23.5 Å². The maximum atomic E-state index is 13.8. The second-order valence-electron chi connectivity index (χ2n) is 7.75. The highest BCUT2D eigenvalue weighted by atomic mass is 19.1. The zero-order chi connectivity index (χ0) is 21.7. The molecule has 0 bridgehead atoms. The van der Waals surface area contributed by atoms with Gasteiger partial charge in [0.1, 0.15) is 5.82 Å². The molecule has 1 fully saturated rings. The summed E-state index contributed by atoms with van der Waals surface area (Å²) in [6.45, 7) is 8.88. The Hall–Kier alpha value is -2.77. The van der Waals surface area contributed by atoms with Crippen LogP contribution in [0.4, 0.5) is 15.8 Å². The Balaban J connectivity index is 1.47. The predicted molar refractivity (Wildman–Crippen MR) is 117 cm³/mol. The molecular formula is C23H29FN4O2. The molecule has 1 aliphatic rings. The third kappa shape index (κ3) is 5.43. The first kappa shape index (κ1) is 21.9. The number of nitrogens with zero attached hydrogens (tertiary/aromatic N) is 2. The van der Waals surface area contributed by atoms with E-state index in [0.717, 1.165) is 16.8 Å². The molecule has 2 amide bonds. The van der Waals surface area contributed by atoms with Crippen LogP contribution in [-0.2, 0) is 9.59 Å². The summed E-state index contributed by atoms with van der Waals surface area (Å²) in [5, 5.41) is 5.64. The number of hydrogen-bond acceptors (Lipinski definition) is 4. The van der Waals surface area contributed by atoms with Crippen LogP contribution in [0.2, 0.25) is 0 Å². The van der Waals surface area contributed by atoms with Gasteiger partial charge in [-0.2, -0.15) is 0 Å². The number of benzene rings is 2. The fourth-order valence-electron chi connectivity index (χ4n) is 3.55. The highest BCUT2D eigenvalue weighted by Gasteiger charge is 2.26. The molecule has 0 saturated carbocycles. The number of aryl methyl sites for hydroxylation is 1. The summed E-state index contributed by atoms with van der Waals surface area (Å²) in [6.07, 6.45) is 0. The van der Waals surface area contributed by atoms with Crippen LogP contribution in [-0.4, -0.2) is 60.4 Å². The van der Waals surface area contributed by atoms with E-state index in [0.29, 0.717) is 32.7 Å². The summed E-state index contributed by atoms with van der Waals surface area (Å²) in [4.78, 5) is 29.1. The maximum Gasteiger partial charge on any atom is 0.241 e. The van der Waals surface area contributed by atoms with Crippen molar-refractivity contribution in [2.75, 3.05) is 43.4 Å². The third-order valence-electron chi connectivity index (χ3n) is 5.71. The van der Waals surface area contributed by atoms with Crippen molar-refractivity contribution >= 4 is 23.2 Å². The Labute approximate surface area is 177 Å². The van der Waals surface area contributed by atoms with Crippen LogP contribution in [0.3, 0.4) is 0 Å². The molecule has 0 radical (unpaired) electrons. The van der Waals surface area contributed by atoms with E-state index in [1.165, 1.54) is 6.07 Å². The summed E-state index contributed by atoms with van der Waals surface area (Å²) in [5.41, 5.74) is 3.25. The second kappa shape index (κ2) is 9.82. The van der Waals surface area contributed by atoms with Crippen LogP contribution >= 0.6 is 0 Å². The molecule has 0 aromatic heterocycles. The van der Waals surface area contributed by atoms with Crippen LogP contribution in [0.25, 0.3) is 0 Å². The van der Waals surface area contributed by atoms with E-state index in [1.54, 1.807) is 18.2 Å². The molecular weight excluding hydrogens is 383 g/mol. The van der Waals surface area contributed by atoms with Crippen LogP contribution in [0, 0.1) is 19.7 Å². The van der Waals surface area contributed by atoms with Gasteiger partial charge in [0.05, 0.1) is 18.3 Å². The number of piperazine rings is 1. The van der Waals surface area contributed by atoms with Crippen LogP contribution in [0.1, 0.15) is 18.1 Å². The molecule has 3 rings (SSSR count). The third-order valence-corrected chi connectivity index (χ3v) is 5.71. The lowest BCUT2D eigenvalue weighted by Gasteiger charge is -2.37. The monoisotopic (exact) mass is 412 g/mol. The first-order chi connectivity index (χ1) is 14.3. The van der Waals surface area contributed by atoms with Gasteiger partial charge >= 0.3 is 0 Å². The predicted octanol–water partition coefficient (Wildman–Crippen LogP) is 3.03. The van der Waals surface area contributed by atoms with Crippen molar-refractivity contribution in [2.45, 2.75) is 26.8 Å². The van der Waals surface area contributed by atoms with E-state index in [1.807, 2.05) is 39.0 Å². The van der Waals surface area contributed by atoms with Gasteiger partial charge in [-0.1, -0.05) is 24.3 Å². The molecule has 0 unspecified atom stereocenters. The van der Waals surface area contributed by atoms with Gasteiger partial charge in [0.2, 0.25) is 11.8 Å². The van der Waals surface area contributed by atoms with Gasteiger partial charge in [0.25, 0.3) is 0 Å². The molecule has 0 aliphatic carbocycles. The van der Waals surface area contributed by atoms with Gasteiger partial charge in [-0.05, 0) is 50.1 Å². The topological polar surface area (TPSA) is 64.7 Å². The summed E-state index contributed by atoms with van der Waals surface area (Å²) in [5.74, 6) is -0.721. The number of carbonyl (C=O) groups excluding carboxylic acids is 2. The van der Waals surface area contributed by atoms with Crippen LogP contribution < -0.4 is 10.6 Å². The summed E-state index contributed by atoms with van der Waals surface area (Å²) < 4.78 is 13.8. The molecule has 1 atom stereocenters. The summed E-state index contributed by atoms with van der Waals surface area (Å²) in [6, 6.07) is 11.6. The van der Waals surface area contributed by atoms with Gasteiger partial charge in [-0.3, -0.25) is 19.4 Å². The molecule has 2 aromatic rings. The van der Waals surface area contributed by atoms with Crippen molar-refractivity contribution in [3.8, 4) is 0 Å². The minimum absolute atomic E-state index is 0.0394. The molecule has 1 aliphatic heterocycles. The summed E-state index contributed by atoms with van der Waals surface area (Å²) >= 11 is 0. The fourth-order valence-corrected chi connectivity index (χ4v) is 3.55. The standard InChI is InChI=1S/C23H29FN4O2/c1-16-7-6-10-20(17(16)2)25-22(29)15-27-11-13-28(14-12-27)18(3)23(30)26-21-9-5-4-8-19(21)24/h4-10,18H,11-15H2,1-3H3,(H,25,29)(H,26,30)/t18-/m0/s1. The minimum Gasteiger partial charge on any atom is -0.325 e. The molecule has 160 valence electrons. The van der Waals surface area contributed by atoms with Gasteiger partial charge in [0, 0.05) is 31.9 Å². The average Bonchev–Trinajstić information content (AvgIpc) is 2.73. The SMILES string of the molecule is Cc1cccc(NC(=O)CN2CCN([C@@H](C)C(=O)Nc3ccccc3F)CC2)c1C. The lowest BCUT2D eigenvalue weighted by Crippen LogP contribution is -2.53. The number of hydrogen-bond donors (Lipinski definition) is 2. The number of nitrogens with one attached hydrogen (secondary N) is 2. The average molecular weight is 413 g/mol. The number of halogens is 1. The van der Waals surface area contributed by atoms with E-state index < -0.39 is 5.82 Å². The number of amides is 2. The van der Waals surface area contributed by atoms with E-state index in [2.05, 4.69) is 20.4 Å². The number of carbonyl (C=O) groups is 2. The molecule has 2 aromatic carbocycles. The minimum atomic E-state index is -0.447. The molecule has 7 heteroatoms. The quantitative estimate of drug-likeness (QED) is 0.766. The molecule has 1 heterocycles. The Kier molecular flexibility index (Phi) is 7.18. The zero-order valence-corrected chi connectivity index (χ0v) is 17.7. The van der Waals surface area contributed by atoms with E-state index in [4.69, 9.17) is 0 Å². The molecule has 0 spiro atoms. The van der Waals surface area contributed by atoms with Gasteiger partial charge in [0.15, 0.2) is 0 Å². The molecule has 30 heavy (non-hydrogen) atoms. The molecule has 1 saturated heterocycles. The van der Waals surface area contributed by atoms with Gasteiger partial charge in [-0.25, -0.2) is 4.39 Å². The Bertz CT molecular complexity index is 910. The Morgan fingerprint density at radius 1 is 0.967 bits per heavy atom. The van der Waals surface area contributed by atoms with Crippen molar-refractivity contribution < 1.29 is 14.0 Å². The normalized spacial score (nSPS) is 16.1. The van der Waals surface area contributed by atoms with Crippen molar-refractivity contribution in [1.82, 2.24) is 9.80 Å². The van der Waals surface area contributed by atoms with Gasteiger partial charge < -0.3 is 10.6 Å². The van der Waals surface area contributed by atoms with Crippen molar-refractivity contribution in [3.63, 3.8) is 0 Å². The zero-order valence-electron chi connectivity index (χ0n) is 17.7. The second-order valence-corrected chi connectivity index (χ2v) is 7.75.